The van der Waals surface area contributed by atoms with Crippen molar-refractivity contribution in [1.29, 1.82) is 0 Å². The first-order valence-electron chi connectivity index (χ1n) is 10.5. The number of rotatable bonds is 7. The van der Waals surface area contributed by atoms with Crippen LogP contribution in [0.1, 0.15) is 19.4 Å². The van der Waals surface area contributed by atoms with Crippen LogP contribution in [0.15, 0.2) is 77.8 Å². The number of ether oxygens (including phenoxy) is 3. The smallest absolute Gasteiger partial charge is 0.217 e. The summed E-state index contributed by atoms with van der Waals surface area (Å²) in [7, 11) is 2.56. The van der Waals surface area contributed by atoms with Gasteiger partial charge in [0.2, 0.25) is 5.90 Å². The van der Waals surface area contributed by atoms with Gasteiger partial charge in [0.25, 0.3) is 0 Å². The maximum Gasteiger partial charge on any atom is 0.217 e. The van der Waals surface area contributed by atoms with E-state index in [4.69, 9.17) is 19.2 Å². The molecular formula is C26H28NO3P. The standard InChI is InChI=1S/C26H28NO3P/c1-18(2)24-17-30-26(27-24)23-7-5-6-8-25(23)31(21-13-9-19(28-3)10-14-21)22-15-11-20(29-4)12-16-22/h5-16,18,24H,17H2,1-4H3/t24-/m1/s1. The lowest BCUT2D eigenvalue weighted by Crippen LogP contribution is -2.25. The van der Waals surface area contributed by atoms with Gasteiger partial charge in [-0.3, -0.25) is 0 Å². The summed E-state index contributed by atoms with van der Waals surface area (Å²) in [4.78, 5) is 4.91. The Hall–Kier alpha value is -2.84. The molecule has 0 amide bonds. The molecule has 1 aliphatic heterocycles. The third-order valence-electron chi connectivity index (χ3n) is 5.48. The summed E-state index contributed by atoms with van der Waals surface area (Å²) in [5, 5.41) is 3.72. The Balaban J connectivity index is 1.83. The molecule has 1 atom stereocenters. The van der Waals surface area contributed by atoms with Crippen LogP contribution in [0.2, 0.25) is 0 Å². The number of hydrogen-bond donors (Lipinski definition) is 0. The van der Waals surface area contributed by atoms with Crippen molar-refractivity contribution in [3.8, 4) is 11.5 Å². The van der Waals surface area contributed by atoms with Crippen molar-refractivity contribution >= 4 is 29.7 Å². The first-order chi connectivity index (χ1) is 15.1. The van der Waals surface area contributed by atoms with Crippen LogP contribution in [0.5, 0.6) is 11.5 Å². The monoisotopic (exact) mass is 433 g/mol. The van der Waals surface area contributed by atoms with Gasteiger partial charge in [0, 0.05) is 5.56 Å². The molecule has 1 aliphatic rings. The van der Waals surface area contributed by atoms with E-state index in [1.807, 2.05) is 24.3 Å². The first-order valence-corrected chi connectivity index (χ1v) is 11.8. The highest BCUT2D eigenvalue weighted by molar-refractivity contribution is 7.80. The summed E-state index contributed by atoms with van der Waals surface area (Å²) < 4.78 is 16.8. The van der Waals surface area contributed by atoms with E-state index in [0.29, 0.717) is 12.5 Å². The summed E-state index contributed by atoms with van der Waals surface area (Å²) >= 11 is 0. The lowest BCUT2D eigenvalue weighted by atomic mass is 10.1. The average molecular weight is 433 g/mol. The Morgan fingerprint density at radius 2 is 1.39 bits per heavy atom. The van der Waals surface area contributed by atoms with Crippen LogP contribution in [0, 0.1) is 5.92 Å². The zero-order chi connectivity index (χ0) is 21.8. The van der Waals surface area contributed by atoms with Gasteiger partial charge in [-0.1, -0.05) is 56.3 Å². The lowest BCUT2D eigenvalue weighted by Gasteiger charge is -2.22. The van der Waals surface area contributed by atoms with E-state index in [9.17, 15) is 0 Å². The highest BCUT2D eigenvalue weighted by Gasteiger charge is 2.27. The molecule has 160 valence electrons. The number of benzene rings is 3. The zero-order valence-electron chi connectivity index (χ0n) is 18.4. The molecule has 0 radical (unpaired) electrons. The lowest BCUT2D eigenvalue weighted by molar-refractivity contribution is 0.292. The first kappa shape index (κ1) is 21.4. The van der Waals surface area contributed by atoms with Gasteiger partial charge in [-0.25, -0.2) is 4.99 Å². The summed E-state index contributed by atoms with van der Waals surface area (Å²) in [6.07, 6.45) is 0. The normalized spacial score (nSPS) is 15.7. The van der Waals surface area contributed by atoms with Crippen molar-refractivity contribution in [2.75, 3.05) is 20.8 Å². The highest BCUT2D eigenvalue weighted by Crippen LogP contribution is 2.36. The molecular weight excluding hydrogens is 405 g/mol. The van der Waals surface area contributed by atoms with Gasteiger partial charge in [0.1, 0.15) is 18.1 Å². The maximum absolute atomic E-state index is 6.07. The minimum Gasteiger partial charge on any atom is -0.497 e. The SMILES string of the molecule is COc1ccc(P(c2ccc(OC)cc2)c2ccccc2C2=N[C@@H](C(C)C)CO2)cc1. The van der Waals surface area contributed by atoms with E-state index in [0.717, 1.165) is 23.0 Å². The molecule has 0 aromatic heterocycles. The van der Waals surface area contributed by atoms with Gasteiger partial charge in [-0.2, -0.15) is 0 Å². The van der Waals surface area contributed by atoms with Crippen LogP contribution in [-0.4, -0.2) is 32.8 Å². The van der Waals surface area contributed by atoms with Crippen LogP contribution in [0.25, 0.3) is 0 Å². The summed E-state index contributed by atoms with van der Waals surface area (Å²) in [6.45, 7) is 5.02. The molecule has 3 aromatic rings. The van der Waals surface area contributed by atoms with Gasteiger partial charge in [0.15, 0.2) is 0 Å². The van der Waals surface area contributed by atoms with Gasteiger partial charge in [0.05, 0.1) is 20.3 Å². The quantitative estimate of drug-likeness (QED) is 0.523. The number of aliphatic imine (C=N–C) groups is 1. The molecule has 0 unspecified atom stereocenters. The fourth-order valence-corrected chi connectivity index (χ4v) is 6.01. The number of hydrogen-bond acceptors (Lipinski definition) is 4. The number of nitrogens with zero attached hydrogens (tertiary/aromatic N) is 1. The topological polar surface area (TPSA) is 40.0 Å². The third kappa shape index (κ3) is 4.60. The molecule has 0 saturated heterocycles. The molecule has 31 heavy (non-hydrogen) atoms. The largest absolute Gasteiger partial charge is 0.497 e. The predicted octanol–water partition coefficient (Wildman–Crippen LogP) is 4.26. The van der Waals surface area contributed by atoms with E-state index in [-0.39, 0.29) is 6.04 Å². The van der Waals surface area contributed by atoms with E-state index >= 15 is 0 Å². The Bertz CT molecular complexity index is 998. The molecule has 4 nitrogen and oxygen atoms in total. The fourth-order valence-electron chi connectivity index (χ4n) is 3.62. The van der Waals surface area contributed by atoms with Crippen LogP contribution in [0.4, 0.5) is 0 Å². The van der Waals surface area contributed by atoms with Crippen molar-refractivity contribution in [2.24, 2.45) is 10.9 Å². The molecule has 4 rings (SSSR count). The predicted molar refractivity (Wildman–Crippen MR) is 129 cm³/mol. The molecule has 3 aromatic carbocycles. The fraction of sp³-hybridized carbons (Fsp3) is 0.269. The van der Waals surface area contributed by atoms with E-state index < -0.39 is 7.92 Å². The van der Waals surface area contributed by atoms with Crippen molar-refractivity contribution in [1.82, 2.24) is 0 Å². The molecule has 5 heteroatoms. The molecule has 0 spiro atoms. The second-order valence-corrected chi connectivity index (χ2v) is 9.99. The summed E-state index contributed by atoms with van der Waals surface area (Å²) in [6, 6.07) is 25.4. The van der Waals surface area contributed by atoms with Crippen LogP contribution in [0.3, 0.4) is 0 Å². The average Bonchev–Trinajstić information content (AvgIpc) is 3.31. The van der Waals surface area contributed by atoms with Crippen molar-refractivity contribution < 1.29 is 14.2 Å². The Morgan fingerprint density at radius 3 is 1.87 bits per heavy atom. The van der Waals surface area contributed by atoms with Crippen molar-refractivity contribution in [3.63, 3.8) is 0 Å². The molecule has 0 saturated carbocycles. The van der Waals surface area contributed by atoms with Gasteiger partial charge >= 0.3 is 0 Å². The van der Waals surface area contributed by atoms with E-state index in [2.05, 4.69) is 62.4 Å². The minimum atomic E-state index is -0.819. The minimum absolute atomic E-state index is 0.205. The molecule has 0 bridgehead atoms. The molecule has 0 fully saturated rings. The molecule has 1 heterocycles. The van der Waals surface area contributed by atoms with Crippen molar-refractivity contribution in [2.45, 2.75) is 19.9 Å². The Kier molecular flexibility index (Phi) is 6.58. The van der Waals surface area contributed by atoms with Crippen LogP contribution >= 0.6 is 7.92 Å². The van der Waals surface area contributed by atoms with Crippen LogP contribution in [-0.2, 0) is 4.74 Å². The van der Waals surface area contributed by atoms with Gasteiger partial charge in [-0.05, 0) is 60.1 Å². The highest BCUT2D eigenvalue weighted by atomic mass is 31.1. The van der Waals surface area contributed by atoms with Gasteiger partial charge in [-0.15, -0.1) is 0 Å². The van der Waals surface area contributed by atoms with Gasteiger partial charge < -0.3 is 14.2 Å². The number of methoxy groups -OCH3 is 2. The summed E-state index contributed by atoms with van der Waals surface area (Å²) in [5.74, 6) is 2.91. The van der Waals surface area contributed by atoms with Crippen molar-refractivity contribution in [3.05, 3.63) is 78.4 Å². The molecule has 0 N–H and O–H groups in total. The van der Waals surface area contributed by atoms with E-state index in [1.54, 1.807) is 14.2 Å². The second kappa shape index (κ2) is 9.53. The maximum atomic E-state index is 6.07. The zero-order valence-corrected chi connectivity index (χ0v) is 19.3. The van der Waals surface area contributed by atoms with Crippen LogP contribution < -0.4 is 25.4 Å². The Morgan fingerprint density at radius 1 is 0.839 bits per heavy atom. The molecule has 0 aliphatic carbocycles. The second-order valence-electron chi connectivity index (χ2n) is 7.81. The van der Waals surface area contributed by atoms with E-state index in [1.165, 1.54) is 15.9 Å². The third-order valence-corrected chi connectivity index (χ3v) is 7.98. The Labute approximate surface area is 185 Å². The summed E-state index contributed by atoms with van der Waals surface area (Å²) in [5.41, 5.74) is 1.07.